The lowest BCUT2D eigenvalue weighted by Crippen LogP contribution is -2.06. The van der Waals surface area contributed by atoms with Crippen LogP contribution in [0, 0.1) is 10.1 Å². The number of aliphatic hydroxyl groups is 1. The van der Waals surface area contributed by atoms with Crippen molar-refractivity contribution >= 4 is 17.3 Å². The number of alkyl halides is 1. The van der Waals surface area contributed by atoms with Crippen molar-refractivity contribution in [2.75, 3.05) is 19.1 Å². The van der Waals surface area contributed by atoms with Gasteiger partial charge in [0.1, 0.15) is 12.4 Å². The third-order valence-electron chi connectivity index (χ3n) is 3.85. The molecular weight excluding hydrogens is 330 g/mol. The predicted octanol–water partition coefficient (Wildman–Crippen LogP) is 3.92. The molecule has 0 spiro atoms. The van der Waals surface area contributed by atoms with Crippen molar-refractivity contribution in [1.29, 1.82) is 0 Å². The molecule has 0 aliphatic rings. The molecule has 24 heavy (non-hydrogen) atoms. The van der Waals surface area contributed by atoms with Crippen LogP contribution in [-0.2, 0) is 6.42 Å². The van der Waals surface area contributed by atoms with E-state index in [9.17, 15) is 15.2 Å². The molecule has 0 heterocycles. The number of aliphatic hydroxyl groups excluding tert-OH is 1. The highest BCUT2D eigenvalue weighted by atomic mass is 35.5. The van der Waals surface area contributed by atoms with Gasteiger partial charge < -0.3 is 9.84 Å². The van der Waals surface area contributed by atoms with Gasteiger partial charge in [-0.1, -0.05) is 24.3 Å². The van der Waals surface area contributed by atoms with Gasteiger partial charge >= 0.3 is 0 Å². The van der Waals surface area contributed by atoms with Gasteiger partial charge in [-0.3, -0.25) is 10.1 Å². The Morgan fingerprint density at radius 1 is 1.12 bits per heavy atom. The van der Waals surface area contributed by atoms with Gasteiger partial charge in [0.25, 0.3) is 5.69 Å². The third kappa shape index (κ3) is 5.22. The normalized spacial score (nSPS) is 11.9. The van der Waals surface area contributed by atoms with Crippen LogP contribution in [0.25, 0.3) is 0 Å². The highest BCUT2D eigenvalue weighted by molar-refractivity contribution is 6.18. The summed E-state index contributed by atoms with van der Waals surface area (Å²) in [6.45, 7) is 0.488. The topological polar surface area (TPSA) is 72.6 Å². The van der Waals surface area contributed by atoms with Gasteiger partial charge in [0.05, 0.1) is 10.8 Å². The first-order chi connectivity index (χ1) is 11.6. The molecule has 0 unspecified atom stereocenters. The number of rotatable bonds is 9. The lowest BCUT2D eigenvalue weighted by Gasteiger charge is -2.14. The molecule has 0 bridgehead atoms. The van der Waals surface area contributed by atoms with Crippen LogP contribution >= 0.6 is 11.6 Å². The summed E-state index contributed by atoms with van der Waals surface area (Å²) in [6.07, 6.45) is 1.56. The number of hydrogen-bond donors (Lipinski definition) is 1. The Balaban J connectivity index is 1.94. The van der Waals surface area contributed by atoms with Crippen molar-refractivity contribution in [2.45, 2.75) is 18.8 Å². The summed E-state index contributed by atoms with van der Waals surface area (Å²) in [5, 5.41) is 20.3. The van der Waals surface area contributed by atoms with E-state index in [0.29, 0.717) is 12.5 Å². The van der Waals surface area contributed by atoms with E-state index in [1.165, 1.54) is 12.1 Å². The van der Waals surface area contributed by atoms with E-state index in [1.807, 2.05) is 24.3 Å². The zero-order valence-electron chi connectivity index (χ0n) is 13.2. The molecule has 0 fully saturated rings. The van der Waals surface area contributed by atoms with Crippen LogP contribution in [0.2, 0.25) is 0 Å². The van der Waals surface area contributed by atoms with Gasteiger partial charge in [0, 0.05) is 24.7 Å². The van der Waals surface area contributed by atoms with E-state index in [1.54, 1.807) is 12.1 Å². The molecule has 0 saturated heterocycles. The molecule has 5 nitrogen and oxygen atoms in total. The van der Waals surface area contributed by atoms with E-state index in [-0.39, 0.29) is 18.2 Å². The molecule has 0 amide bonds. The Morgan fingerprint density at radius 3 is 2.33 bits per heavy atom. The molecular formula is C18H20ClNO4. The largest absolute Gasteiger partial charge is 0.492 e. The first-order valence-corrected chi connectivity index (χ1v) is 8.30. The number of non-ortho nitro benzene ring substituents is 1. The molecule has 0 saturated carbocycles. The Labute approximate surface area is 146 Å². The summed E-state index contributed by atoms with van der Waals surface area (Å²) < 4.78 is 5.43. The molecule has 0 aliphatic carbocycles. The van der Waals surface area contributed by atoms with Crippen molar-refractivity contribution in [3.63, 3.8) is 0 Å². The quantitative estimate of drug-likeness (QED) is 0.423. The lowest BCUT2D eigenvalue weighted by molar-refractivity contribution is -0.384. The number of hydrogen-bond acceptors (Lipinski definition) is 4. The Hall–Kier alpha value is -2.11. The summed E-state index contributed by atoms with van der Waals surface area (Å²) in [5.41, 5.74) is 2.11. The minimum absolute atomic E-state index is 0.00866. The molecule has 0 radical (unpaired) electrons. The number of halogens is 1. The number of nitrogens with zero attached hydrogens (tertiary/aromatic N) is 1. The minimum Gasteiger partial charge on any atom is -0.492 e. The lowest BCUT2D eigenvalue weighted by atomic mass is 9.93. The van der Waals surface area contributed by atoms with Gasteiger partial charge in [-0.15, -0.1) is 11.6 Å². The number of aryl methyl sites for hydroxylation is 1. The van der Waals surface area contributed by atoms with E-state index >= 15 is 0 Å². The predicted molar refractivity (Wildman–Crippen MR) is 93.9 cm³/mol. The maximum atomic E-state index is 10.7. The summed E-state index contributed by atoms with van der Waals surface area (Å²) in [4.78, 5) is 10.3. The van der Waals surface area contributed by atoms with Crippen LogP contribution in [0.4, 0.5) is 5.69 Å². The fourth-order valence-electron chi connectivity index (χ4n) is 2.48. The van der Waals surface area contributed by atoms with Crippen LogP contribution < -0.4 is 4.74 Å². The maximum absolute atomic E-state index is 10.7. The van der Waals surface area contributed by atoms with Crippen molar-refractivity contribution in [3.8, 4) is 5.75 Å². The second-order valence-electron chi connectivity index (χ2n) is 5.45. The maximum Gasteiger partial charge on any atom is 0.269 e. The van der Waals surface area contributed by atoms with E-state index in [4.69, 9.17) is 16.3 Å². The summed E-state index contributed by atoms with van der Waals surface area (Å²) in [5.74, 6) is 1.20. The first kappa shape index (κ1) is 18.2. The van der Waals surface area contributed by atoms with E-state index in [0.717, 1.165) is 29.7 Å². The average Bonchev–Trinajstić information content (AvgIpc) is 2.62. The van der Waals surface area contributed by atoms with Crippen molar-refractivity contribution < 1.29 is 14.8 Å². The Bertz CT molecular complexity index is 643. The molecule has 0 aromatic heterocycles. The van der Waals surface area contributed by atoms with Crippen LogP contribution in [0.3, 0.4) is 0 Å². The summed E-state index contributed by atoms with van der Waals surface area (Å²) in [7, 11) is 0. The number of benzene rings is 2. The molecule has 1 atom stereocenters. The zero-order chi connectivity index (χ0) is 17.4. The fraction of sp³-hybridized carbons (Fsp3) is 0.333. The number of nitro benzene ring substituents is 1. The van der Waals surface area contributed by atoms with Gasteiger partial charge in [0.15, 0.2) is 0 Å². The molecule has 6 heteroatoms. The highest BCUT2D eigenvalue weighted by Gasteiger charge is 2.13. The van der Waals surface area contributed by atoms with Crippen molar-refractivity contribution in [3.05, 3.63) is 69.8 Å². The Kier molecular flexibility index (Phi) is 7.03. The first-order valence-electron chi connectivity index (χ1n) is 7.77. The Morgan fingerprint density at radius 2 is 1.79 bits per heavy atom. The second kappa shape index (κ2) is 9.25. The van der Waals surface area contributed by atoms with E-state index in [2.05, 4.69) is 0 Å². The average molecular weight is 350 g/mol. The SMILES string of the molecule is O=[N+]([O-])c1ccc([C@@H](CO)CCc2ccc(OCCCl)cc2)cc1. The standard InChI is InChI=1S/C18H20ClNO4/c19-11-12-24-18-9-2-14(3-10-18)1-4-16(13-21)15-5-7-17(8-6-15)20(22)23/h2-3,5-10,16,21H,1,4,11-13H2/t16-/m1/s1. The second-order valence-corrected chi connectivity index (χ2v) is 5.83. The third-order valence-corrected chi connectivity index (χ3v) is 4.00. The van der Waals surface area contributed by atoms with Gasteiger partial charge in [-0.2, -0.15) is 0 Å². The monoisotopic (exact) mass is 349 g/mol. The van der Waals surface area contributed by atoms with Crippen LogP contribution in [-0.4, -0.2) is 29.1 Å². The van der Waals surface area contributed by atoms with E-state index < -0.39 is 4.92 Å². The smallest absolute Gasteiger partial charge is 0.269 e. The van der Waals surface area contributed by atoms with Crippen LogP contribution in [0.15, 0.2) is 48.5 Å². The molecule has 2 aromatic rings. The molecule has 0 aliphatic heterocycles. The van der Waals surface area contributed by atoms with Gasteiger partial charge in [0.2, 0.25) is 0 Å². The minimum atomic E-state index is -0.425. The summed E-state index contributed by atoms with van der Waals surface area (Å²) >= 11 is 5.58. The number of nitro groups is 1. The molecule has 1 N–H and O–H groups in total. The van der Waals surface area contributed by atoms with Crippen molar-refractivity contribution in [2.24, 2.45) is 0 Å². The van der Waals surface area contributed by atoms with Crippen molar-refractivity contribution in [1.82, 2.24) is 0 Å². The number of ether oxygens (including phenoxy) is 1. The summed E-state index contributed by atoms with van der Waals surface area (Å²) in [6, 6.07) is 14.2. The zero-order valence-corrected chi connectivity index (χ0v) is 14.0. The molecule has 2 rings (SSSR count). The fourth-order valence-corrected chi connectivity index (χ4v) is 2.56. The van der Waals surface area contributed by atoms with Crippen LogP contribution in [0.5, 0.6) is 5.75 Å². The molecule has 128 valence electrons. The van der Waals surface area contributed by atoms with Crippen LogP contribution in [0.1, 0.15) is 23.5 Å². The molecule has 2 aromatic carbocycles. The van der Waals surface area contributed by atoms with Gasteiger partial charge in [-0.05, 0) is 36.1 Å². The highest BCUT2D eigenvalue weighted by Crippen LogP contribution is 2.24. The van der Waals surface area contributed by atoms with Gasteiger partial charge in [-0.25, -0.2) is 0 Å².